The van der Waals surface area contributed by atoms with Gasteiger partial charge in [0.1, 0.15) is 23.2 Å². The number of nitrogens with two attached hydrogens (primary N) is 1. The molecular weight excluding hydrogens is 252 g/mol. The Hall–Kier alpha value is -2.30. The minimum absolute atomic E-state index is 0.482. The number of hydrogen-bond donors (Lipinski definition) is 1. The van der Waals surface area contributed by atoms with Crippen LogP contribution in [0.2, 0.25) is 0 Å². The van der Waals surface area contributed by atoms with E-state index >= 15 is 0 Å². The molecule has 2 aromatic rings. The van der Waals surface area contributed by atoms with E-state index in [0.717, 1.165) is 35.9 Å². The average molecular weight is 270 g/mol. The lowest BCUT2D eigenvalue weighted by molar-refractivity contribution is 0.415. The Labute approximate surface area is 118 Å². The molecule has 1 aliphatic rings. The molecule has 0 amide bonds. The predicted molar refractivity (Wildman–Crippen MR) is 79.5 cm³/mol. The first-order valence-corrected chi connectivity index (χ1v) is 6.69. The molecule has 0 aliphatic heterocycles. The van der Waals surface area contributed by atoms with Crippen LogP contribution in [0, 0.1) is 0 Å². The van der Waals surface area contributed by atoms with Crippen molar-refractivity contribution in [2.45, 2.75) is 18.8 Å². The molecule has 1 aromatic heterocycles. The molecule has 5 heteroatoms. The van der Waals surface area contributed by atoms with Crippen molar-refractivity contribution in [3.63, 3.8) is 0 Å². The van der Waals surface area contributed by atoms with Crippen LogP contribution in [0.5, 0.6) is 5.75 Å². The van der Waals surface area contributed by atoms with Gasteiger partial charge in [-0.1, -0.05) is 6.07 Å². The van der Waals surface area contributed by atoms with Gasteiger partial charge < -0.3 is 15.4 Å². The highest BCUT2D eigenvalue weighted by Gasteiger charge is 2.27. The van der Waals surface area contributed by atoms with Crippen LogP contribution >= 0.6 is 0 Å². The number of rotatable bonds is 4. The second-order valence-electron chi connectivity index (χ2n) is 5.04. The van der Waals surface area contributed by atoms with Gasteiger partial charge in [0.15, 0.2) is 0 Å². The smallest absolute Gasteiger partial charge is 0.138 e. The molecule has 0 saturated heterocycles. The monoisotopic (exact) mass is 270 g/mol. The molecule has 1 aromatic carbocycles. The van der Waals surface area contributed by atoms with E-state index in [0.29, 0.717) is 11.7 Å². The summed E-state index contributed by atoms with van der Waals surface area (Å²) in [6.07, 6.45) is 2.32. The van der Waals surface area contributed by atoms with Gasteiger partial charge in [-0.05, 0) is 25.0 Å². The zero-order chi connectivity index (χ0) is 14.1. The number of methoxy groups -OCH3 is 1. The van der Waals surface area contributed by atoms with Crippen molar-refractivity contribution < 1.29 is 4.74 Å². The number of benzene rings is 1. The van der Waals surface area contributed by atoms with E-state index < -0.39 is 0 Å². The minimum atomic E-state index is 0.482. The highest BCUT2D eigenvalue weighted by Crippen LogP contribution is 2.39. The Kier molecular flexibility index (Phi) is 3.18. The number of aromatic nitrogens is 2. The predicted octanol–water partition coefficient (Wildman–Crippen LogP) is 2.71. The summed E-state index contributed by atoms with van der Waals surface area (Å²) in [5.74, 6) is 3.49. The first-order valence-electron chi connectivity index (χ1n) is 6.69. The summed E-state index contributed by atoms with van der Waals surface area (Å²) < 4.78 is 5.25. The summed E-state index contributed by atoms with van der Waals surface area (Å²) >= 11 is 0. The zero-order valence-corrected chi connectivity index (χ0v) is 11.7. The highest BCUT2D eigenvalue weighted by atomic mass is 16.5. The van der Waals surface area contributed by atoms with E-state index in [9.17, 15) is 0 Å². The quantitative estimate of drug-likeness (QED) is 0.925. The van der Waals surface area contributed by atoms with Crippen molar-refractivity contribution in [3.05, 3.63) is 36.2 Å². The van der Waals surface area contributed by atoms with E-state index in [1.807, 2.05) is 36.2 Å². The molecule has 3 rings (SSSR count). The van der Waals surface area contributed by atoms with E-state index in [4.69, 9.17) is 10.5 Å². The molecule has 0 spiro atoms. The van der Waals surface area contributed by atoms with Gasteiger partial charge >= 0.3 is 0 Å². The molecule has 20 heavy (non-hydrogen) atoms. The van der Waals surface area contributed by atoms with Gasteiger partial charge in [-0.25, -0.2) is 9.97 Å². The molecule has 0 radical (unpaired) electrons. The van der Waals surface area contributed by atoms with Crippen LogP contribution in [0.3, 0.4) is 0 Å². The molecule has 104 valence electrons. The van der Waals surface area contributed by atoms with Gasteiger partial charge in [-0.15, -0.1) is 0 Å². The lowest BCUT2D eigenvalue weighted by Crippen LogP contribution is -2.13. The van der Waals surface area contributed by atoms with E-state index in [2.05, 4.69) is 9.97 Å². The van der Waals surface area contributed by atoms with Crippen molar-refractivity contribution in [2.24, 2.45) is 0 Å². The van der Waals surface area contributed by atoms with Crippen LogP contribution < -0.4 is 15.4 Å². The number of anilines is 3. The normalized spacial score (nSPS) is 14.1. The third kappa shape index (κ3) is 2.52. The van der Waals surface area contributed by atoms with E-state index in [1.54, 1.807) is 13.2 Å². The fourth-order valence-corrected chi connectivity index (χ4v) is 2.12. The Morgan fingerprint density at radius 2 is 2.05 bits per heavy atom. The van der Waals surface area contributed by atoms with Crippen molar-refractivity contribution in [1.82, 2.24) is 9.97 Å². The topological polar surface area (TPSA) is 64.3 Å². The lowest BCUT2D eigenvalue weighted by Gasteiger charge is -2.19. The Bertz CT molecular complexity index is 625. The van der Waals surface area contributed by atoms with Crippen LogP contribution in [-0.2, 0) is 0 Å². The highest BCUT2D eigenvalue weighted by molar-refractivity contribution is 5.62. The molecule has 0 unspecified atom stereocenters. The summed E-state index contributed by atoms with van der Waals surface area (Å²) in [6, 6.07) is 9.65. The Morgan fingerprint density at radius 1 is 1.25 bits per heavy atom. The van der Waals surface area contributed by atoms with Gasteiger partial charge in [0, 0.05) is 30.8 Å². The number of nitrogens with zero attached hydrogens (tertiary/aromatic N) is 3. The van der Waals surface area contributed by atoms with Crippen LogP contribution in [-0.4, -0.2) is 24.1 Å². The second kappa shape index (κ2) is 5.00. The van der Waals surface area contributed by atoms with Crippen LogP contribution in [0.15, 0.2) is 30.3 Å². The van der Waals surface area contributed by atoms with Crippen LogP contribution in [0.4, 0.5) is 17.3 Å². The van der Waals surface area contributed by atoms with Crippen LogP contribution in [0.25, 0.3) is 0 Å². The summed E-state index contributed by atoms with van der Waals surface area (Å²) in [4.78, 5) is 10.9. The third-order valence-electron chi connectivity index (χ3n) is 3.48. The van der Waals surface area contributed by atoms with Gasteiger partial charge in [-0.3, -0.25) is 0 Å². The van der Waals surface area contributed by atoms with Crippen molar-refractivity contribution in [2.75, 3.05) is 24.8 Å². The zero-order valence-electron chi connectivity index (χ0n) is 11.7. The molecule has 5 nitrogen and oxygen atoms in total. The minimum Gasteiger partial charge on any atom is -0.497 e. The molecule has 1 saturated carbocycles. The molecule has 0 bridgehead atoms. The number of nitrogen functional groups attached to an aromatic ring is 1. The summed E-state index contributed by atoms with van der Waals surface area (Å²) in [6.45, 7) is 0. The summed E-state index contributed by atoms with van der Waals surface area (Å²) in [5.41, 5.74) is 6.90. The summed E-state index contributed by atoms with van der Waals surface area (Å²) in [5, 5.41) is 0. The molecule has 0 atom stereocenters. The average Bonchev–Trinajstić information content (AvgIpc) is 3.30. The van der Waals surface area contributed by atoms with Gasteiger partial charge in [0.25, 0.3) is 0 Å². The van der Waals surface area contributed by atoms with Crippen molar-refractivity contribution >= 4 is 17.3 Å². The number of ether oxygens (including phenoxy) is 1. The first-order chi connectivity index (χ1) is 9.67. The fourth-order valence-electron chi connectivity index (χ4n) is 2.12. The maximum atomic E-state index is 5.89. The van der Waals surface area contributed by atoms with E-state index in [1.165, 1.54) is 0 Å². The van der Waals surface area contributed by atoms with Gasteiger partial charge in [-0.2, -0.15) is 0 Å². The standard InChI is InChI=1S/C15H18N4O/c1-19(11-4-3-5-12(8-11)20-2)14-9-13(16)17-15(18-14)10-6-7-10/h3-5,8-10H,6-7H2,1-2H3,(H2,16,17,18). The SMILES string of the molecule is COc1cccc(N(C)c2cc(N)nc(C3CC3)n2)c1. The largest absolute Gasteiger partial charge is 0.497 e. The molecular formula is C15H18N4O. The molecule has 2 N–H and O–H groups in total. The van der Waals surface area contributed by atoms with Crippen LogP contribution in [0.1, 0.15) is 24.6 Å². The van der Waals surface area contributed by atoms with Gasteiger partial charge in [0.05, 0.1) is 7.11 Å². The first kappa shape index (κ1) is 12.7. The number of hydrogen-bond acceptors (Lipinski definition) is 5. The maximum Gasteiger partial charge on any atom is 0.138 e. The lowest BCUT2D eigenvalue weighted by atomic mass is 10.2. The maximum absolute atomic E-state index is 5.89. The second-order valence-corrected chi connectivity index (χ2v) is 5.04. The van der Waals surface area contributed by atoms with Crippen molar-refractivity contribution in [3.8, 4) is 5.75 Å². The van der Waals surface area contributed by atoms with E-state index in [-0.39, 0.29) is 0 Å². The Morgan fingerprint density at radius 3 is 2.75 bits per heavy atom. The summed E-state index contributed by atoms with van der Waals surface area (Å²) in [7, 11) is 3.63. The molecule has 1 heterocycles. The fraction of sp³-hybridized carbons (Fsp3) is 0.333. The van der Waals surface area contributed by atoms with Crippen molar-refractivity contribution in [1.29, 1.82) is 0 Å². The third-order valence-corrected chi connectivity index (χ3v) is 3.48. The molecule has 1 aliphatic carbocycles. The Balaban J connectivity index is 1.94. The van der Waals surface area contributed by atoms with Gasteiger partial charge in [0.2, 0.25) is 0 Å². The molecule has 1 fully saturated rings.